The molecule has 0 atom stereocenters. The largest absolute Gasteiger partial charge is 0.416 e. The Morgan fingerprint density at radius 2 is 1.72 bits per heavy atom. The molecule has 0 aliphatic carbocycles. The van der Waals surface area contributed by atoms with Crippen molar-refractivity contribution in [3.8, 4) is 5.82 Å². The highest BCUT2D eigenvalue weighted by Crippen LogP contribution is 2.30. The lowest BCUT2D eigenvalue weighted by molar-refractivity contribution is -0.137. The van der Waals surface area contributed by atoms with Crippen LogP contribution in [0.3, 0.4) is 0 Å². The molecular weight excluding hydrogens is 423 g/mol. The van der Waals surface area contributed by atoms with Crippen LogP contribution >= 0.6 is 0 Å². The molecule has 3 aromatic rings. The maximum Gasteiger partial charge on any atom is 0.416 e. The Morgan fingerprint density at radius 1 is 1.00 bits per heavy atom. The first-order valence-electron chi connectivity index (χ1n) is 10.0. The van der Waals surface area contributed by atoms with E-state index in [1.165, 1.54) is 18.5 Å². The molecule has 3 heterocycles. The van der Waals surface area contributed by atoms with E-state index in [9.17, 15) is 18.0 Å². The fraction of sp³-hybridized carbons (Fsp3) is 0.333. The molecular formula is C21H22F3N7O. The summed E-state index contributed by atoms with van der Waals surface area (Å²) in [4.78, 5) is 24.8. The number of urea groups is 1. The predicted molar refractivity (Wildman–Crippen MR) is 113 cm³/mol. The van der Waals surface area contributed by atoms with Gasteiger partial charge in [0.2, 0.25) is 0 Å². The molecule has 1 aliphatic heterocycles. The van der Waals surface area contributed by atoms with Gasteiger partial charge in [-0.3, -0.25) is 0 Å². The van der Waals surface area contributed by atoms with Gasteiger partial charge < -0.3 is 15.1 Å². The molecule has 1 fully saturated rings. The monoisotopic (exact) mass is 445 g/mol. The zero-order chi connectivity index (χ0) is 22.9. The van der Waals surface area contributed by atoms with Crippen LogP contribution in [0.4, 0.5) is 29.5 Å². The van der Waals surface area contributed by atoms with Crippen LogP contribution in [0, 0.1) is 13.8 Å². The summed E-state index contributed by atoms with van der Waals surface area (Å²) in [5.41, 5.74) is 1.16. The normalized spacial score (nSPS) is 14.5. The maximum absolute atomic E-state index is 12.9. The summed E-state index contributed by atoms with van der Waals surface area (Å²) in [5, 5.41) is 6.99. The number of amides is 2. The van der Waals surface area contributed by atoms with E-state index in [-0.39, 0.29) is 5.69 Å². The second-order valence-electron chi connectivity index (χ2n) is 7.56. The highest BCUT2D eigenvalue weighted by Gasteiger charge is 2.31. The van der Waals surface area contributed by atoms with Crippen LogP contribution in [0.2, 0.25) is 0 Å². The van der Waals surface area contributed by atoms with Crippen molar-refractivity contribution in [2.24, 2.45) is 0 Å². The second-order valence-corrected chi connectivity index (χ2v) is 7.56. The lowest BCUT2D eigenvalue weighted by Crippen LogP contribution is -2.50. The molecule has 4 rings (SSSR count). The highest BCUT2D eigenvalue weighted by atomic mass is 19.4. The molecule has 168 valence electrons. The molecule has 1 N–H and O–H groups in total. The van der Waals surface area contributed by atoms with Crippen molar-refractivity contribution >= 4 is 17.5 Å². The van der Waals surface area contributed by atoms with E-state index in [0.29, 0.717) is 32.0 Å². The van der Waals surface area contributed by atoms with Crippen LogP contribution in [0.1, 0.15) is 17.0 Å². The Hall–Kier alpha value is -3.63. The van der Waals surface area contributed by atoms with E-state index in [0.717, 1.165) is 29.3 Å². The third-order valence-electron chi connectivity index (χ3n) is 5.20. The molecule has 0 unspecified atom stereocenters. The van der Waals surface area contributed by atoms with Crippen LogP contribution in [0.25, 0.3) is 5.82 Å². The molecule has 2 amide bonds. The third kappa shape index (κ3) is 4.66. The maximum atomic E-state index is 12.9. The zero-order valence-electron chi connectivity index (χ0n) is 17.6. The van der Waals surface area contributed by atoms with E-state index in [2.05, 4.69) is 20.4 Å². The molecule has 32 heavy (non-hydrogen) atoms. The van der Waals surface area contributed by atoms with Crippen LogP contribution in [-0.4, -0.2) is 56.9 Å². The number of hydrogen-bond acceptors (Lipinski definition) is 5. The quantitative estimate of drug-likeness (QED) is 0.666. The van der Waals surface area contributed by atoms with Crippen LogP contribution in [0.5, 0.6) is 0 Å². The molecule has 0 spiro atoms. The van der Waals surface area contributed by atoms with Crippen molar-refractivity contribution < 1.29 is 18.0 Å². The number of piperazine rings is 1. The summed E-state index contributed by atoms with van der Waals surface area (Å²) in [6, 6.07) is 7.97. The van der Waals surface area contributed by atoms with Gasteiger partial charge in [-0.05, 0) is 38.1 Å². The van der Waals surface area contributed by atoms with Gasteiger partial charge in [0.15, 0.2) is 5.82 Å². The molecule has 0 bridgehead atoms. The Kier molecular flexibility index (Phi) is 5.72. The Bertz CT molecular complexity index is 1120. The molecule has 8 nitrogen and oxygen atoms in total. The molecule has 1 saturated heterocycles. The molecule has 2 aromatic heterocycles. The summed E-state index contributed by atoms with van der Waals surface area (Å²) in [6.07, 6.45) is -2.98. The number of aromatic nitrogens is 4. The summed E-state index contributed by atoms with van der Waals surface area (Å²) < 4.78 is 40.4. The van der Waals surface area contributed by atoms with Crippen LogP contribution in [-0.2, 0) is 6.18 Å². The fourth-order valence-corrected chi connectivity index (χ4v) is 3.60. The van der Waals surface area contributed by atoms with Crippen molar-refractivity contribution in [3.05, 3.63) is 59.7 Å². The van der Waals surface area contributed by atoms with Gasteiger partial charge >= 0.3 is 12.2 Å². The van der Waals surface area contributed by atoms with E-state index in [4.69, 9.17) is 0 Å². The van der Waals surface area contributed by atoms with Crippen LogP contribution < -0.4 is 10.2 Å². The number of carbonyl (C=O) groups is 1. The van der Waals surface area contributed by atoms with E-state index in [1.54, 1.807) is 9.58 Å². The first-order valence-corrected chi connectivity index (χ1v) is 10.0. The van der Waals surface area contributed by atoms with Gasteiger partial charge in [0.1, 0.15) is 12.1 Å². The zero-order valence-corrected chi connectivity index (χ0v) is 17.6. The molecule has 1 aliphatic rings. The lowest BCUT2D eigenvalue weighted by Gasteiger charge is -2.35. The van der Waals surface area contributed by atoms with E-state index >= 15 is 0 Å². The fourth-order valence-electron chi connectivity index (χ4n) is 3.60. The predicted octanol–water partition coefficient (Wildman–Crippen LogP) is 3.65. The average Bonchev–Trinajstić information content (AvgIpc) is 3.11. The minimum absolute atomic E-state index is 0.109. The molecule has 11 heteroatoms. The average molecular weight is 445 g/mol. The lowest BCUT2D eigenvalue weighted by atomic mass is 10.2. The van der Waals surface area contributed by atoms with E-state index < -0.39 is 17.8 Å². The minimum Gasteiger partial charge on any atom is -0.353 e. The summed E-state index contributed by atoms with van der Waals surface area (Å²) >= 11 is 0. The molecule has 1 aromatic carbocycles. The van der Waals surface area contributed by atoms with Gasteiger partial charge in [-0.1, -0.05) is 6.07 Å². The molecule has 0 radical (unpaired) electrons. The summed E-state index contributed by atoms with van der Waals surface area (Å²) in [5.74, 6) is 1.38. The van der Waals surface area contributed by atoms with Crippen molar-refractivity contribution in [2.75, 3.05) is 36.4 Å². The smallest absolute Gasteiger partial charge is 0.353 e. The number of aryl methyl sites for hydroxylation is 2. The number of carbonyl (C=O) groups excluding carboxylic acids is 1. The Balaban J connectivity index is 1.39. The van der Waals surface area contributed by atoms with Gasteiger partial charge in [0, 0.05) is 43.6 Å². The number of anilines is 2. The van der Waals surface area contributed by atoms with Crippen molar-refractivity contribution in [1.82, 2.24) is 24.6 Å². The third-order valence-corrected chi connectivity index (χ3v) is 5.20. The SMILES string of the molecule is Cc1cc(C)n(-c2cc(N3CCN(C(=O)Nc4cccc(C(F)(F)F)c4)CC3)ncn2)n1. The first-order chi connectivity index (χ1) is 15.2. The number of hydrogen-bond donors (Lipinski definition) is 1. The summed E-state index contributed by atoms with van der Waals surface area (Å²) in [6.45, 7) is 5.74. The second kappa shape index (κ2) is 8.48. The highest BCUT2D eigenvalue weighted by molar-refractivity contribution is 5.89. The number of halogens is 3. The minimum atomic E-state index is -4.46. The number of benzene rings is 1. The number of alkyl halides is 3. The number of rotatable bonds is 3. The van der Waals surface area contributed by atoms with Crippen molar-refractivity contribution in [1.29, 1.82) is 0 Å². The van der Waals surface area contributed by atoms with Gasteiger partial charge in [0.05, 0.1) is 11.3 Å². The van der Waals surface area contributed by atoms with Crippen molar-refractivity contribution in [3.63, 3.8) is 0 Å². The first kappa shape index (κ1) is 21.6. The van der Waals surface area contributed by atoms with Gasteiger partial charge in [-0.25, -0.2) is 19.4 Å². The number of nitrogens with zero attached hydrogens (tertiary/aromatic N) is 6. The van der Waals surface area contributed by atoms with Crippen molar-refractivity contribution in [2.45, 2.75) is 20.0 Å². The van der Waals surface area contributed by atoms with Crippen LogP contribution in [0.15, 0.2) is 42.7 Å². The van der Waals surface area contributed by atoms with Gasteiger partial charge in [0.25, 0.3) is 0 Å². The topological polar surface area (TPSA) is 79.2 Å². The summed E-state index contributed by atoms with van der Waals surface area (Å²) in [7, 11) is 0. The number of nitrogens with one attached hydrogen (secondary N) is 1. The standard InChI is InChI=1S/C21H22F3N7O/c1-14-10-15(2)31(28-14)19-12-18(25-13-26-19)29-6-8-30(9-7-29)20(32)27-17-5-3-4-16(11-17)21(22,23)24/h3-5,10-13H,6-9H2,1-2H3,(H,27,32). The Labute approximate surface area is 182 Å². The van der Waals surface area contributed by atoms with E-state index in [1.807, 2.05) is 30.9 Å². The van der Waals surface area contributed by atoms with Gasteiger partial charge in [-0.2, -0.15) is 18.3 Å². The van der Waals surface area contributed by atoms with Gasteiger partial charge in [-0.15, -0.1) is 0 Å². The molecule has 0 saturated carbocycles. The Morgan fingerprint density at radius 3 is 2.38 bits per heavy atom.